The van der Waals surface area contributed by atoms with Crippen LogP contribution in [0.3, 0.4) is 0 Å². The van der Waals surface area contributed by atoms with Crippen LogP contribution in [0.1, 0.15) is 68.7 Å². The number of aromatic amines is 1. The Labute approximate surface area is 186 Å². The molecule has 3 aromatic rings. The van der Waals surface area contributed by atoms with Crippen molar-refractivity contribution in [3.8, 4) is 0 Å². The maximum Gasteiger partial charge on any atom is 0.338 e. The number of ether oxygens (including phenoxy) is 1. The molecule has 31 heavy (non-hydrogen) atoms. The fraction of sp³-hybridized carbons (Fsp3) is 0.292. The summed E-state index contributed by atoms with van der Waals surface area (Å²) in [5.41, 5.74) is 3.63. The van der Waals surface area contributed by atoms with E-state index in [0.717, 1.165) is 30.4 Å². The molecule has 6 nitrogen and oxygen atoms in total. The molecule has 0 aliphatic heterocycles. The van der Waals surface area contributed by atoms with Gasteiger partial charge in [-0.05, 0) is 36.1 Å². The summed E-state index contributed by atoms with van der Waals surface area (Å²) >= 11 is 6.04. The monoisotopic (exact) mass is 440 g/mol. The van der Waals surface area contributed by atoms with Crippen LogP contribution < -0.4 is 0 Å². The number of nitrogens with one attached hydrogen (secondary N) is 1. The van der Waals surface area contributed by atoms with Gasteiger partial charge in [0.25, 0.3) is 0 Å². The van der Waals surface area contributed by atoms with E-state index in [2.05, 4.69) is 16.9 Å². The summed E-state index contributed by atoms with van der Waals surface area (Å²) in [6.45, 7) is 1.91. The number of imidazole rings is 1. The molecular weight excluding hydrogens is 416 g/mol. The molecule has 0 saturated heterocycles. The molecule has 0 saturated carbocycles. The third-order valence-corrected chi connectivity index (χ3v) is 5.45. The minimum atomic E-state index is -0.541. The van der Waals surface area contributed by atoms with Gasteiger partial charge < -0.3 is 14.8 Å². The van der Waals surface area contributed by atoms with Gasteiger partial charge in [-0.25, -0.2) is 9.78 Å². The predicted octanol–water partition coefficient (Wildman–Crippen LogP) is 4.51. The zero-order valence-electron chi connectivity index (χ0n) is 17.6. The second kappa shape index (κ2) is 10.4. The first-order valence-corrected chi connectivity index (χ1v) is 10.5. The van der Waals surface area contributed by atoms with Crippen LogP contribution in [0.15, 0.2) is 42.5 Å². The highest BCUT2D eigenvalue weighted by atomic mass is 35.5. The van der Waals surface area contributed by atoms with Crippen molar-refractivity contribution in [2.75, 3.05) is 7.11 Å². The van der Waals surface area contributed by atoms with Crippen molar-refractivity contribution in [2.24, 2.45) is 0 Å². The smallest absolute Gasteiger partial charge is 0.338 e. The number of unbranched alkanes of at least 4 members (excludes halogenated alkanes) is 1. The highest BCUT2D eigenvalue weighted by Crippen LogP contribution is 2.23. The first-order chi connectivity index (χ1) is 15.0. The first-order valence-electron chi connectivity index (χ1n) is 10.2. The van der Waals surface area contributed by atoms with Gasteiger partial charge in [0.15, 0.2) is 10.9 Å². The van der Waals surface area contributed by atoms with Crippen molar-refractivity contribution in [1.29, 1.82) is 0 Å². The Bertz CT molecular complexity index is 1090. The van der Waals surface area contributed by atoms with Crippen LogP contribution in [0.4, 0.5) is 0 Å². The Kier molecular flexibility index (Phi) is 7.60. The van der Waals surface area contributed by atoms with Gasteiger partial charge in [-0.2, -0.15) is 0 Å². The largest absolute Gasteiger partial charge is 0.465 e. The molecule has 0 bridgehead atoms. The fourth-order valence-corrected chi connectivity index (χ4v) is 3.68. The van der Waals surface area contributed by atoms with E-state index in [1.807, 2.05) is 12.1 Å². The van der Waals surface area contributed by atoms with Crippen molar-refractivity contribution < 1.29 is 19.4 Å². The second-order valence-electron chi connectivity index (χ2n) is 7.24. The molecule has 2 N–H and O–H groups in total. The van der Waals surface area contributed by atoms with Gasteiger partial charge in [0, 0.05) is 17.5 Å². The molecule has 0 aliphatic rings. The normalized spacial score (nSPS) is 10.8. The van der Waals surface area contributed by atoms with Gasteiger partial charge in [0.1, 0.15) is 5.82 Å². The lowest BCUT2D eigenvalue weighted by Gasteiger charge is -2.12. The molecule has 0 aliphatic carbocycles. The van der Waals surface area contributed by atoms with Gasteiger partial charge >= 0.3 is 5.97 Å². The Hall–Kier alpha value is -2.96. The molecule has 1 aromatic heterocycles. The number of aryl methyl sites for hydroxylation is 1. The molecule has 2 aromatic carbocycles. The molecule has 0 amide bonds. The maximum absolute atomic E-state index is 13.2. The molecule has 1 heterocycles. The van der Waals surface area contributed by atoms with E-state index in [0.29, 0.717) is 29.1 Å². The van der Waals surface area contributed by atoms with Crippen LogP contribution in [-0.4, -0.2) is 33.9 Å². The van der Waals surface area contributed by atoms with Crippen LogP contribution in [0.5, 0.6) is 0 Å². The lowest BCUT2D eigenvalue weighted by atomic mass is 9.92. The minimum Gasteiger partial charge on any atom is -0.465 e. The van der Waals surface area contributed by atoms with Crippen molar-refractivity contribution in [3.63, 3.8) is 0 Å². The van der Waals surface area contributed by atoms with Gasteiger partial charge in [-0.15, -0.1) is 0 Å². The maximum atomic E-state index is 13.2. The summed E-state index contributed by atoms with van der Waals surface area (Å²) in [7, 11) is 1.30. The molecule has 0 radical (unpaired) electrons. The van der Waals surface area contributed by atoms with E-state index >= 15 is 0 Å². The number of carbonyl (C=O) groups is 2. The lowest BCUT2D eigenvalue weighted by molar-refractivity contribution is 0.0597. The molecular formula is C24H25ClN2O4. The summed E-state index contributed by atoms with van der Waals surface area (Å²) in [5, 5.41) is 9.59. The molecule has 0 unspecified atom stereocenters. The average molecular weight is 441 g/mol. The molecule has 162 valence electrons. The number of methoxy groups -OCH3 is 1. The van der Waals surface area contributed by atoms with Crippen molar-refractivity contribution >= 4 is 23.4 Å². The van der Waals surface area contributed by atoms with Gasteiger partial charge in [-0.3, -0.25) is 4.79 Å². The number of halogens is 1. The summed E-state index contributed by atoms with van der Waals surface area (Å²) in [4.78, 5) is 32.6. The van der Waals surface area contributed by atoms with Crippen LogP contribution in [0, 0.1) is 0 Å². The number of aliphatic hydroxyl groups excluding tert-OH is 1. The van der Waals surface area contributed by atoms with E-state index in [1.165, 1.54) is 7.11 Å². The van der Waals surface area contributed by atoms with Crippen molar-refractivity contribution in [1.82, 2.24) is 9.97 Å². The number of rotatable bonds is 9. The number of ketones is 1. The number of hydrogen-bond donors (Lipinski definition) is 2. The van der Waals surface area contributed by atoms with E-state index in [1.54, 1.807) is 30.3 Å². The summed E-state index contributed by atoms with van der Waals surface area (Å²) in [5.74, 6) is -0.114. The molecule has 0 fully saturated rings. The lowest BCUT2D eigenvalue weighted by Crippen LogP contribution is -2.12. The van der Waals surface area contributed by atoms with Crippen LogP contribution in [0.25, 0.3) is 0 Å². The van der Waals surface area contributed by atoms with Crippen LogP contribution in [0.2, 0.25) is 5.15 Å². The van der Waals surface area contributed by atoms with Gasteiger partial charge in [0.2, 0.25) is 0 Å². The van der Waals surface area contributed by atoms with Gasteiger partial charge in [-0.1, -0.05) is 55.3 Å². The Morgan fingerprint density at radius 3 is 2.52 bits per heavy atom. The third-order valence-electron chi connectivity index (χ3n) is 5.14. The van der Waals surface area contributed by atoms with Crippen LogP contribution in [-0.2, 0) is 24.2 Å². The Morgan fingerprint density at radius 2 is 1.87 bits per heavy atom. The topological polar surface area (TPSA) is 92.3 Å². The number of H-pyrrole nitrogens is 1. The highest BCUT2D eigenvalue weighted by Gasteiger charge is 2.20. The fourth-order valence-electron chi connectivity index (χ4n) is 3.47. The van der Waals surface area contributed by atoms with Gasteiger partial charge in [0.05, 0.1) is 25.0 Å². The third kappa shape index (κ3) is 5.21. The molecule has 7 heteroatoms. The molecule has 3 rings (SSSR count). The second-order valence-corrected chi connectivity index (χ2v) is 7.60. The number of aromatic nitrogens is 2. The summed E-state index contributed by atoms with van der Waals surface area (Å²) in [6, 6.07) is 12.2. The molecule has 0 spiro atoms. The van der Waals surface area contributed by atoms with E-state index in [-0.39, 0.29) is 23.1 Å². The number of hydrogen-bond acceptors (Lipinski definition) is 5. The predicted molar refractivity (Wildman–Crippen MR) is 119 cm³/mol. The van der Waals surface area contributed by atoms with Crippen molar-refractivity contribution in [3.05, 3.63) is 87.0 Å². The molecule has 0 atom stereocenters. The zero-order valence-corrected chi connectivity index (χ0v) is 18.3. The average Bonchev–Trinajstić information content (AvgIpc) is 3.16. The van der Waals surface area contributed by atoms with E-state index < -0.39 is 5.97 Å². The number of aliphatic hydroxyl groups is 1. The number of esters is 1. The van der Waals surface area contributed by atoms with Crippen molar-refractivity contribution in [2.45, 2.75) is 39.2 Å². The number of nitrogens with zero attached hydrogens (tertiary/aromatic N) is 1. The minimum absolute atomic E-state index is 0.207. The number of carbonyl (C=O) groups excluding carboxylic acids is 2. The quantitative estimate of drug-likeness (QED) is 0.377. The Morgan fingerprint density at radius 1 is 1.13 bits per heavy atom. The standard InChI is InChI=1S/C24H25ClN2O4/c1-3-4-7-15-12-17(22(29)18-8-5-6-9-19(18)24(30)31-2)11-10-16(15)13-21-26-20(14-28)23(25)27-21/h5-6,8-12,28H,3-4,7,13-14H2,1-2H3,(H,26,27). The summed E-state index contributed by atoms with van der Waals surface area (Å²) in [6.07, 6.45) is 3.31. The van der Waals surface area contributed by atoms with Crippen LogP contribution >= 0.6 is 11.6 Å². The summed E-state index contributed by atoms with van der Waals surface area (Å²) < 4.78 is 4.82. The SMILES string of the molecule is CCCCc1cc(C(=O)c2ccccc2C(=O)OC)ccc1Cc1nc(Cl)c(CO)[nH]1. The number of benzene rings is 2. The Balaban J connectivity index is 1.96. The van der Waals surface area contributed by atoms with E-state index in [9.17, 15) is 14.7 Å². The van der Waals surface area contributed by atoms with E-state index in [4.69, 9.17) is 16.3 Å². The first kappa shape index (κ1) is 22.7. The zero-order chi connectivity index (χ0) is 22.4. The highest BCUT2D eigenvalue weighted by molar-refractivity contribution is 6.30.